The fraction of sp³-hybridized carbons (Fsp3) is 0.100. The third kappa shape index (κ3) is 3.79. The lowest BCUT2D eigenvalue weighted by molar-refractivity contribution is 0.250. The number of hydrogen-bond acceptors (Lipinski definition) is 2. The van der Waals surface area contributed by atoms with Crippen LogP contribution in [0.1, 0.15) is 22.9 Å². The molecule has 4 heteroatoms. The van der Waals surface area contributed by atoms with Crippen molar-refractivity contribution < 1.29 is 4.79 Å². The predicted octanol–water partition coefficient (Wildman–Crippen LogP) is 4.30. The van der Waals surface area contributed by atoms with Crippen LogP contribution in [0.3, 0.4) is 0 Å². The zero-order valence-electron chi connectivity index (χ0n) is 13.4. The van der Waals surface area contributed by atoms with Crippen molar-refractivity contribution >= 4 is 11.7 Å². The molecule has 1 heterocycles. The molecule has 0 aliphatic rings. The maximum absolute atomic E-state index is 12.5. The average Bonchev–Trinajstić information content (AvgIpc) is 2.63. The number of aromatic nitrogens is 1. The minimum atomic E-state index is -0.260. The number of amides is 2. The Morgan fingerprint density at radius 1 is 0.875 bits per heavy atom. The van der Waals surface area contributed by atoms with E-state index in [0.29, 0.717) is 5.69 Å². The van der Waals surface area contributed by atoms with Gasteiger partial charge < -0.3 is 10.6 Å². The van der Waals surface area contributed by atoms with E-state index in [2.05, 4.69) is 15.6 Å². The lowest BCUT2D eigenvalue weighted by atomic mass is 9.99. The van der Waals surface area contributed by atoms with E-state index in [1.807, 2.05) is 73.7 Å². The highest BCUT2D eigenvalue weighted by Crippen LogP contribution is 2.22. The topological polar surface area (TPSA) is 54.0 Å². The zero-order valence-corrected chi connectivity index (χ0v) is 13.4. The summed E-state index contributed by atoms with van der Waals surface area (Å²) in [5.41, 5.74) is 3.54. The minimum Gasteiger partial charge on any atom is -0.327 e. The number of hydrogen-bond donors (Lipinski definition) is 2. The number of aryl methyl sites for hydroxylation is 1. The van der Waals surface area contributed by atoms with Crippen LogP contribution in [0.25, 0.3) is 0 Å². The second-order valence-corrected chi connectivity index (χ2v) is 5.49. The smallest absolute Gasteiger partial charge is 0.320 e. The molecular weight excluding hydrogens is 298 g/mol. The fourth-order valence-corrected chi connectivity index (χ4v) is 2.56. The van der Waals surface area contributed by atoms with Crippen LogP contribution in [0.5, 0.6) is 0 Å². The summed E-state index contributed by atoms with van der Waals surface area (Å²) in [5.74, 6) is 0. The number of nitrogens with zero attached hydrogens (tertiary/aromatic N) is 1. The molecule has 0 radical (unpaired) electrons. The highest BCUT2D eigenvalue weighted by atomic mass is 16.2. The monoisotopic (exact) mass is 317 g/mol. The van der Waals surface area contributed by atoms with E-state index < -0.39 is 0 Å². The van der Waals surface area contributed by atoms with E-state index in [9.17, 15) is 4.79 Å². The van der Waals surface area contributed by atoms with E-state index in [1.54, 1.807) is 12.3 Å². The number of rotatable bonds is 4. The standard InChI is InChI=1S/C20H19N3O/c1-15-18(13-8-14-21-15)22-20(24)23-19(16-9-4-2-5-10-16)17-11-6-3-7-12-17/h2-14,19H,1H3,(H2,22,23,24). The number of nitrogens with one attached hydrogen (secondary N) is 2. The van der Waals surface area contributed by atoms with Crippen LogP contribution in [0.2, 0.25) is 0 Å². The summed E-state index contributed by atoms with van der Waals surface area (Å²) < 4.78 is 0. The molecule has 120 valence electrons. The maximum atomic E-state index is 12.5. The minimum absolute atomic E-state index is 0.218. The second-order valence-electron chi connectivity index (χ2n) is 5.49. The Bertz CT molecular complexity index is 764. The third-order valence-corrected chi connectivity index (χ3v) is 3.80. The van der Waals surface area contributed by atoms with E-state index in [-0.39, 0.29) is 12.1 Å². The largest absolute Gasteiger partial charge is 0.327 e. The van der Waals surface area contributed by atoms with Crippen molar-refractivity contribution in [3.63, 3.8) is 0 Å². The normalized spacial score (nSPS) is 10.4. The summed E-state index contributed by atoms with van der Waals surface area (Å²) >= 11 is 0. The van der Waals surface area contributed by atoms with Crippen LogP contribution in [-0.2, 0) is 0 Å². The number of urea groups is 1. The summed E-state index contributed by atoms with van der Waals surface area (Å²) in [4.78, 5) is 16.7. The van der Waals surface area contributed by atoms with E-state index >= 15 is 0 Å². The number of pyridine rings is 1. The number of anilines is 1. The Balaban J connectivity index is 1.82. The van der Waals surface area contributed by atoms with E-state index in [0.717, 1.165) is 16.8 Å². The van der Waals surface area contributed by atoms with Gasteiger partial charge in [0.15, 0.2) is 0 Å². The molecule has 4 nitrogen and oxygen atoms in total. The van der Waals surface area contributed by atoms with Gasteiger partial charge in [-0.3, -0.25) is 4.98 Å². The van der Waals surface area contributed by atoms with Crippen LogP contribution >= 0.6 is 0 Å². The first-order valence-corrected chi connectivity index (χ1v) is 7.83. The summed E-state index contributed by atoms with van der Waals surface area (Å²) in [5, 5.41) is 5.92. The summed E-state index contributed by atoms with van der Waals surface area (Å²) in [6.07, 6.45) is 1.70. The number of carbonyl (C=O) groups is 1. The molecule has 3 rings (SSSR count). The molecule has 2 aromatic carbocycles. The van der Waals surface area contributed by atoms with Crippen LogP contribution in [0, 0.1) is 6.92 Å². The van der Waals surface area contributed by atoms with Crippen LogP contribution < -0.4 is 10.6 Å². The molecule has 0 aliphatic heterocycles. The Hall–Kier alpha value is -3.14. The van der Waals surface area contributed by atoms with Gasteiger partial charge in [0.25, 0.3) is 0 Å². The lowest BCUT2D eigenvalue weighted by Crippen LogP contribution is -2.33. The van der Waals surface area contributed by atoms with Crippen molar-refractivity contribution in [2.24, 2.45) is 0 Å². The van der Waals surface area contributed by atoms with Gasteiger partial charge in [-0.25, -0.2) is 4.79 Å². The van der Waals surface area contributed by atoms with Crippen molar-refractivity contribution in [3.05, 3.63) is 95.8 Å². The molecule has 0 bridgehead atoms. The van der Waals surface area contributed by atoms with E-state index in [4.69, 9.17) is 0 Å². The Labute approximate surface area is 141 Å². The second kappa shape index (κ2) is 7.42. The Kier molecular flexibility index (Phi) is 4.87. The molecule has 2 amide bonds. The quantitative estimate of drug-likeness (QED) is 0.753. The summed E-state index contributed by atoms with van der Waals surface area (Å²) in [6.45, 7) is 1.86. The van der Waals surface area contributed by atoms with Crippen LogP contribution in [0.15, 0.2) is 79.0 Å². The van der Waals surface area contributed by atoms with Crippen molar-refractivity contribution in [3.8, 4) is 0 Å². The molecular formula is C20H19N3O. The van der Waals surface area contributed by atoms with Crippen LogP contribution in [0.4, 0.5) is 10.5 Å². The molecule has 1 aromatic heterocycles. The van der Waals surface area contributed by atoms with Crippen molar-refractivity contribution in [2.45, 2.75) is 13.0 Å². The van der Waals surface area contributed by atoms with Gasteiger partial charge in [0.2, 0.25) is 0 Å². The molecule has 0 fully saturated rings. The first-order valence-electron chi connectivity index (χ1n) is 7.83. The first kappa shape index (κ1) is 15.7. The maximum Gasteiger partial charge on any atom is 0.320 e. The predicted molar refractivity (Wildman–Crippen MR) is 95.9 cm³/mol. The van der Waals surface area contributed by atoms with Gasteiger partial charge >= 0.3 is 6.03 Å². The summed E-state index contributed by atoms with van der Waals surface area (Å²) in [7, 11) is 0. The molecule has 24 heavy (non-hydrogen) atoms. The molecule has 0 saturated heterocycles. The Morgan fingerprint density at radius 2 is 1.46 bits per heavy atom. The molecule has 0 saturated carbocycles. The van der Waals surface area contributed by atoms with Gasteiger partial charge in [-0.05, 0) is 30.2 Å². The first-order chi connectivity index (χ1) is 11.7. The average molecular weight is 317 g/mol. The Morgan fingerprint density at radius 3 is 2.00 bits per heavy atom. The molecule has 0 aliphatic carbocycles. The number of carbonyl (C=O) groups excluding carboxylic acids is 1. The molecule has 0 unspecified atom stereocenters. The zero-order chi connectivity index (χ0) is 16.8. The van der Waals surface area contributed by atoms with Crippen molar-refractivity contribution in [1.82, 2.24) is 10.3 Å². The van der Waals surface area contributed by atoms with Crippen LogP contribution in [-0.4, -0.2) is 11.0 Å². The molecule has 0 atom stereocenters. The van der Waals surface area contributed by atoms with Gasteiger partial charge in [-0.15, -0.1) is 0 Å². The van der Waals surface area contributed by atoms with Crippen molar-refractivity contribution in [2.75, 3.05) is 5.32 Å². The van der Waals surface area contributed by atoms with Gasteiger partial charge in [0.05, 0.1) is 17.4 Å². The lowest BCUT2D eigenvalue weighted by Gasteiger charge is -2.20. The highest BCUT2D eigenvalue weighted by Gasteiger charge is 2.16. The molecule has 2 N–H and O–H groups in total. The van der Waals surface area contributed by atoms with Gasteiger partial charge in [-0.1, -0.05) is 60.7 Å². The van der Waals surface area contributed by atoms with E-state index in [1.165, 1.54) is 0 Å². The number of benzene rings is 2. The molecule has 3 aromatic rings. The van der Waals surface area contributed by atoms with Gasteiger partial charge in [-0.2, -0.15) is 0 Å². The highest BCUT2D eigenvalue weighted by molar-refractivity contribution is 5.90. The summed E-state index contributed by atoms with van der Waals surface area (Å²) in [6, 6.07) is 23.0. The van der Waals surface area contributed by atoms with Crippen molar-refractivity contribution in [1.29, 1.82) is 0 Å². The van der Waals surface area contributed by atoms with Gasteiger partial charge in [0.1, 0.15) is 0 Å². The third-order valence-electron chi connectivity index (χ3n) is 3.80. The fourth-order valence-electron chi connectivity index (χ4n) is 2.56. The van der Waals surface area contributed by atoms with Gasteiger partial charge in [0, 0.05) is 6.20 Å². The SMILES string of the molecule is Cc1ncccc1NC(=O)NC(c1ccccc1)c1ccccc1. The molecule has 0 spiro atoms.